The molecular formula is C14H16N4O3. The summed E-state index contributed by atoms with van der Waals surface area (Å²) in [4.78, 5) is 17.9. The monoisotopic (exact) mass is 288 g/mol. The lowest BCUT2D eigenvalue weighted by Crippen LogP contribution is -2.28. The van der Waals surface area contributed by atoms with Gasteiger partial charge in [0.2, 0.25) is 0 Å². The van der Waals surface area contributed by atoms with Gasteiger partial charge in [-0.05, 0) is 18.9 Å². The number of carboxylic acid groups (broad SMARTS) is 1. The summed E-state index contributed by atoms with van der Waals surface area (Å²) in [5.41, 5.74) is 0.780. The van der Waals surface area contributed by atoms with Crippen LogP contribution in [0, 0.1) is 5.41 Å². The Morgan fingerprint density at radius 1 is 1.43 bits per heavy atom. The molecule has 7 nitrogen and oxygen atoms in total. The Bertz CT molecular complexity index is 705. The van der Waals surface area contributed by atoms with E-state index < -0.39 is 5.97 Å². The van der Waals surface area contributed by atoms with E-state index in [-0.39, 0.29) is 11.0 Å². The molecule has 7 heteroatoms. The van der Waals surface area contributed by atoms with Crippen molar-refractivity contribution in [3.05, 3.63) is 24.0 Å². The molecule has 2 aliphatic rings. The van der Waals surface area contributed by atoms with Crippen LogP contribution in [0.3, 0.4) is 0 Å². The van der Waals surface area contributed by atoms with Gasteiger partial charge < -0.3 is 14.7 Å². The van der Waals surface area contributed by atoms with Crippen molar-refractivity contribution in [1.82, 2.24) is 14.6 Å². The highest BCUT2D eigenvalue weighted by atomic mass is 16.5. The molecule has 0 saturated carbocycles. The maximum Gasteiger partial charge on any atom is 0.341 e. The van der Waals surface area contributed by atoms with Gasteiger partial charge in [-0.3, -0.25) is 0 Å². The average Bonchev–Trinajstić information content (AvgIpc) is 3.19. The molecular weight excluding hydrogens is 272 g/mol. The number of rotatable bonds is 2. The largest absolute Gasteiger partial charge is 0.477 e. The zero-order valence-corrected chi connectivity index (χ0v) is 11.5. The Hall–Kier alpha value is -2.15. The van der Waals surface area contributed by atoms with Crippen LogP contribution >= 0.6 is 0 Å². The molecule has 4 rings (SSSR count). The first-order chi connectivity index (χ1) is 10.2. The summed E-state index contributed by atoms with van der Waals surface area (Å²) in [5, 5.41) is 13.2. The van der Waals surface area contributed by atoms with Crippen LogP contribution in [-0.4, -0.2) is 52.0 Å². The summed E-state index contributed by atoms with van der Waals surface area (Å²) >= 11 is 0. The van der Waals surface area contributed by atoms with Gasteiger partial charge in [-0.2, -0.15) is 5.10 Å². The lowest BCUT2D eigenvalue weighted by atomic mass is 9.87. The van der Waals surface area contributed by atoms with Gasteiger partial charge in [0.15, 0.2) is 5.65 Å². The van der Waals surface area contributed by atoms with Crippen LogP contribution in [0.2, 0.25) is 0 Å². The number of fused-ring (bicyclic) bond motifs is 1. The molecule has 2 saturated heterocycles. The quantitative estimate of drug-likeness (QED) is 0.889. The molecule has 4 heterocycles. The third-order valence-electron chi connectivity index (χ3n) is 4.53. The lowest BCUT2D eigenvalue weighted by molar-refractivity contribution is 0.0699. The second-order valence-electron chi connectivity index (χ2n) is 5.89. The maximum absolute atomic E-state index is 11.2. The van der Waals surface area contributed by atoms with Crippen LogP contribution in [0.25, 0.3) is 5.65 Å². The highest BCUT2D eigenvalue weighted by Gasteiger charge is 2.41. The molecule has 1 atom stereocenters. The van der Waals surface area contributed by atoms with Crippen LogP contribution in [0.1, 0.15) is 23.2 Å². The molecule has 2 aromatic rings. The molecule has 2 aliphatic heterocycles. The number of carbonyl (C=O) groups is 1. The van der Waals surface area contributed by atoms with Crippen molar-refractivity contribution in [3.8, 4) is 0 Å². The van der Waals surface area contributed by atoms with Crippen LogP contribution in [0.15, 0.2) is 18.5 Å². The summed E-state index contributed by atoms with van der Waals surface area (Å²) < 4.78 is 7.03. The molecule has 1 spiro atoms. The number of hydrogen-bond acceptors (Lipinski definition) is 5. The van der Waals surface area contributed by atoms with Gasteiger partial charge in [0.05, 0.1) is 12.8 Å². The minimum atomic E-state index is -1.00. The lowest BCUT2D eigenvalue weighted by Gasteiger charge is -2.22. The van der Waals surface area contributed by atoms with E-state index in [1.807, 2.05) is 6.07 Å². The molecule has 21 heavy (non-hydrogen) atoms. The summed E-state index contributed by atoms with van der Waals surface area (Å²) in [6.07, 6.45) is 5.30. The molecule has 1 N–H and O–H groups in total. The smallest absolute Gasteiger partial charge is 0.341 e. The second-order valence-corrected chi connectivity index (χ2v) is 5.89. The van der Waals surface area contributed by atoms with Crippen LogP contribution in [-0.2, 0) is 4.74 Å². The van der Waals surface area contributed by atoms with E-state index in [2.05, 4.69) is 15.0 Å². The Morgan fingerprint density at radius 3 is 3.10 bits per heavy atom. The zero-order valence-electron chi connectivity index (χ0n) is 11.5. The predicted octanol–water partition coefficient (Wildman–Crippen LogP) is 1.04. The van der Waals surface area contributed by atoms with Crippen molar-refractivity contribution in [1.29, 1.82) is 0 Å². The van der Waals surface area contributed by atoms with Gasteiger partial charge in [-0.25, -0.2) is 14.3 Å². The van der Waals surface area contributed by atoms with Crippen molar-refractivity contribution >= 4 is 17.4 Å². The first-order valence-electron chi connectivity index (χ1n) is 7.07. The van der Waals surface area contributed by atoms with Gasteiger partial charge in [0.25, 0.3) is 0 Å². The summed E-state index contributed by atoms with van der Waals surface area (Å²) in [6, 6.07) is 1.89. The van der Waals surface area contributed by atoms with Crippen LogP contribution < -0.4 is 4.90 Å². The molecule has 0 bridgehead atoms. The average molecular weight is 288 g/mol. The SMILES string of the molecule is O=C(O)c1cnn2ccc(N3CC[C@]4(CCOC4)C3)nc12. The number of hydrogen-bond donors (Lipinski definition) is 1. The number of carboxylic acids is 1. The van der Waals surface area contributed by atoms with Crippen LogP contribution in [0.4, 0.5) is 5.82 Å². The number of aromatic nitrogens is 3. The van der Waals surface area contributed by atoms with Crippen molar-refractivity contribution < 1.29 is 14.6 Å². The molecule has 2 aromatic heterocycles. The van der Waals surface area contributed by atoms with Crippen molar-refractivity contribution in [2.45, 2.75) is 12.8 Å². The van der Waals surface area contributed by atoms with E-state index >= 15 is 0 Å². The summed E-state index contributed by atoms with van der Waals surface area (Å²) in [5.74, 6) is -0.189. The van der Waals surface area contributed by atoms with E-state index in [9.17, 15) is 9.90 Å². The molecule has 2 fully saturated rings. The normalized spacial score (nSPS) is 25.2. The molecule has 0 radical (unpaired) electrons. The Balaban J connectivity index is 1.68. The maximum atomic E-state index is 11.2. The van der Waals surface area contributed by atoms with Gasteiger partial charge in [0.1, 0.15) is 11.4 Å². The minimum absolute atomic E-state index is 0.134. The first-order valence-corrected chi connectivity index (χ1v) is 7.07. The Kier molecular flexibility index (Phi) is 2.65. The topological polar surface area (TPSA) is 80.0 Å². The van der Waals surface area contributed by atoms with E-state index in [4.69, 9.17) is 4.74 Å². The summed E-state index contributed by atoms with van der Waals surface area (Å²) in [6.45, 7) is 3.51. The fourth-order valence-corrected chi connectivity index (χ4v) is 3.29. The molecule has 0 aromatic carbocycles. The van der Waals surface area contributed by atoms with Gasteiger partial charge >= 0.3 is 5.97 Å². The van der Waals surface area contributed by atoms with Crippen molar-refractivity contribution in [2.24, 2.45) is 5.41 Å². The first kappa shape index (κ1) is 12.6. The standard InChI is InChI=1S/C14H16N4O3/c19-13(20)10-7-15-18-4-1-11(16-12(10)18)17-5-2-14(8-17)3-6-21-9-14/h1,4,7H,2-3,5-6,8-9H2,(H,19,20)/t14-/m0/s1. The number of ether oxygens (including phenoxy) is 1. The predicted molar refractivity (Wildman–Crippen MR) is 74.6 cm³/mol. The van der Waals surface area contributed by atoms with E-state index in [0.29, 0.717) is 5.65 Å². The van der Waals surface area contributed by atoms with Gasteiger partial charge in [0, 0.05) is 31.3 Å². The number of aromatic carboxylic acids is 1. The van der Waals surface area contributed by atoms with Crippen LogP contribution in [0.5, 0.6) is 0 Å². The third kappa shape index (κ3) is 1.96. The second kappa shape index (κ2) is 4.42. The molecule has 0 aliphatic carbocycles. The van der Waals surface area contributed by atoms with Crippen molar-refractivity contribution in [2.75, 3.05) is 31.2 Å². The van der Waals surface area contributed by atoms with E-state index in [1.54, 1.807) is 6.20 Å². The summed E-state index contributed by atoms with van der Waals surface area (Å²) in [7, 11) is 0. The number of nitrogens with zero attached hydrogens (tertiary/aromatic N) is 4. The Morgan fingerprint density at radius 2 is 2.33 bits per heavy atom. The highest BCUT2D eigenvalue weighted by molar-refractivity contribution is 5.94. The van der Waals surface area contributed by atoms with E-state index in [1.165, 1.54) is 10.7 Å². The fourth-order valence-electron chi connectivity index (χ4n) is 3.29. The zero-order chi connectivity index (χ0) is 14.4. The van der Waals surface area contributed by atoms with Gasteiger partial charge in [-0.15, -0.1) is 0 Å². The van der Waals surface area contributed by atoms with Crippen molar-refractivity contribution in [3.63, 3.8) is 0 Å². The minimum Gasteiger partial charge on any atom is -0.477 e. The van der Waals surface area contributed by atoms with E-state index in [0.717, 1.165) is 45.0 Å². The fraction of sp³-hybridized carbons (Fsp3) is 0.500. The third-order valence-corrected chi connectivity index (χ3v) is 4.53. The van der Waals surface area contributed by atoms with Gasteiger partial charge in [-0.1, -0.05) is 0 Å². The molecule has 0 amide bonds. The highest BCUT2D eigenvalue weighted by Crippen LogP contribution is 2.39. The number of anilines is 1. The molecule has 0 unspecified atom stereocenters. The molecule has 110 valence electrons. The Labute approximate surface area is 121 Å².